The minimum Gasteiger partial charge on any atom is -0.394 e. The molecule has 2 amide bonds. The molecule has 5 aliphatic rings. The Balaban J connectivity index is 1.41. The second-order valence-corrected chi connectivity index (χ2v) is 17.3. The van der Waals surface area contributed by atoms with Crippen molar-refractivity contribution >= 4 is 19.6 Å². The predicted molar refractivity (Wildman–Crippen MR) is 201 cm³/mol. The molecule has 0 radical (unpaired) electrons. The van der Waals surface area contributed by atoms with Crippen LogP contribution in [0, 0.1) is 0 Å². The van der Waals surface area contributed by atoms with Gasteiger partial charge in [-0.15, -0.1) is 0 Å². The standard InChI is InChI=1S/C34H59N2O29P/c1-8(41)35-15-27(18(44)11(4-38)57-30(15)52)63-31-16(36-9(2)42)28(19(45)12(5-39)58-31)64-34-25(51)29(20(46)13(6-40)60-34)65-33-24(50)22(48)26(14(61-33)7-56-66(53,54)55)62-32-23(49)21(47)17(43)10(3-37)59-32/h10-34,37-40,43-52H,3-7H2,1-2H3,(H,35,41)(H,36,42)(H2,53,54,55)/t10-,11-,12-,13-,14-,15-,16-,17-,18-,19-,20+,21+,22-,23-,24-,25-,26-,27-,28-,29+,30+,31+,32-,33+,34+/m1/s1. The highest BCUT2D eigenvalue weighted by atomic mass is 31.2. The summed E-state index contributed by atoms with van der Waals surface area (Å²) in [6.07, 6.45) is -45.0. The number of carbonyl (C=O) groups excluding carboxylic acids is 2. The normalized spacial score (nSPS) is 47.0. The maximum atomic E-state index is 12.6. The quantitative estimate of drug-likeness (QED) is 0.0602. The van der Waals surface area contributed by atoms with Crippen molar-refractivity contribution in [2.45, 2.75) is 167 Å². The molecule has 5 saturated heterocycles. The Morgan fingerprint density at radius 2 is 0.833 bits per heavy atom. The zero-order valence-corrected chi connectivity index (χ0v) is 35.8. The fourth-order valence-corrected chi connectivity index (χ4v) is 8.33. The molecule has 0 bridgehead atoms. The average Bonchev–Trinajstić information content (AvgIpc) is 3.25. The number of ether oxygens (including phenoxy) is 9. The van der Waals surface area contributed by atoms with E-state index >= 15 is 0 Å². The summed E-state index contributed by atoms with van der Waals surface area (Å²) in [5.74, 6) is -1.59. The molecule has 0 aromatic rings. The molecule has 31 nitrogen and oxygen atoms in total. The topological polar surface area (TPSA) is 491 Å². The van der Waals surface area contributed by atoms with Gasteiger partial charge in [-0.1, -0.05) is 0 Å². The van der Waals surface area contributed by atoms with E-state index in [2.05, 4.69) is 15.2 Å². The molecule has 0 spiro atoms. The third-order valence-electron chi connectivity index (χ3n) is 11.3. The Morgan fingerprint density at radius 1 is 0.455 bits per heavy atom. The molecule has 66 heavy (non-hydrogen) atoms. The monoisotopic (exact) mass is 990 g/mol. The first-order chi connectivity index (χ1) is 31.0. The van der Waals surface area contributed by atoms with Gasteiger partial charge in [-0.2, -0.15) is 0 Å². The molecule has 5 heterocycles. The van der Waals surface area contributed by atoms with E-state index in [0.29, 0.717) is 0 Å². The third kappa shape index (κ3) is 12.5. The summed E-state index contributed by atoms with van der Waals surface area (Å²) < 4.78 is 66.8. The Kier molecular flexibility index (Phi) is 19.5. The molecular formula is C34H59N2O29P. The van der Waals surface area contributed by atoms with Gasteiger partial charge < -0.3 is 135 Å². The van der Waals surface area contributed by atoms with Crippen LogP contribution in [0.5, 0.6) is 0 Å². The summed E-state index contributed by atoms with van der Waals surface area (Å²) in [7, 11) is -5.34. The number of aliphatic hydroxyl groups is 14. The van der Waals surface area contributed by atoms with Gasteiger partial charge in [0.05, 0.1) is 33.0 Å². The molecule has 32 heteroatoms. The van der Waals surface area contributed by atoms with Crippen molar-refractivity contribution in [3.8, 4) is 0 Å². The van der Waals surface area contributed by atoms with Crippen molar-refractivity contribution in [1.29, 1.82) is 0 Å². The Labute approximate surface area is 373 Å². The molecule has 384 valence electrons. The second kappa shape index (κ2) is 23.4. The SMILES string of the molecule is CC(=O)N[C@@H]1[C@@H](O[C@@H]2O[C@H](CO)[C@@H](O)[C@H](O[C@@H]3O[C@H](CO)[C@H](O)[C@H](O[C@@H]4O[C@H](COP(=O)(O)O)[C@@H](O[C@H]5O[C@H](CO)[C@@H](O)[C@H](O)[C@H]5O)[C@H](O)[C@H]4O)[C@H]3O)[C@H]2NC(C)=O)[C@H](O)[C@@H](CO)O[C@@H]1O. The molecule has 5 aliphatic heterocycles. The molecule has 0 unspecified atom stereocenters. The first-order valence-electron chi connectivity index (χ1n) is 20.3. The summed E-state index contributed by atoms with van der Waals surface area (Å²) in [6, 6.07) is -3.30. The Bertz CT molecular complexity index is 1620. The molecular weight excluding hydrogens is 931 g/mol. The average molecular weight is 991 g/mol. The molecule has 0 aliphatic carbocycles. The number of rotatable bonds is 17. The highest BCUT2D eigenvalue weighted by molar-refractivity contribution is 7.46. The van der Waals surface area contributed by atoms with E-state index in [-0.39, 0.29) is 0 Å². The van der Waals surface area contributed by atoms with Crippen LogP contribution in [0.4, 0.5) is 0 Å². The van der Waals surface area contributed by atoms with Gasteiger partial charge in [0.1, 0.15) is 122 Å². The Morgan fingerprint density at radius 3 is 1.35 bits per heavy atom. The van der Waals surface area contributed by atoms with Crippen LogP contribution >= 0.6 is 7.82 Å². The van der Waals surface area contributed by atoms with Gasteiger partial charge in [-0.25, -0.2) is 4.57 Å². The highest BCUT2D eigenvalue weighted by Gasteiger charge is 2.57. The van der Waals surface area contributed by atoms with Gasteiger partial charge in [0.2, 0.25) is 11.8 Å². The number of amides is 2. The van der Waals surface area contributed by atoms with Gasteiger partial charge in [0.15, 0.2) is 31.5 Å². The van der Waals surface area contributed by atoms with Crippen LogP contribution in [-0.2, 0) is 61.3 Å². The van der Waals surface area contributed by atoms with E-state index in [4.69, 9.17) is 42.6 Å². The molecule has 5 fully saturated rings. The number of aliphatic hydroxyl groups excluding tert-OH is 14. The van der Waals surface area contributed by atoms with Gasteiger partial charge in [0, 0.05) is 13.8 Å². The zero-order valence-electron chi connectivity index (χ0n) is 34.9. The predicted octanol–water partition coefficient (Wildman–Crippen LogP) is -11.5. The largest absolute Gasteiger partial charge is 0.469 e. The summed E-state index contributed by atoms with van der Waals surface area (Å²) in [4.78, 5) is 43.5. The molecule has 0 saturated carbocycles. The maximum absolute atomic E-state index is 12.6. The van der Waals surface area contributed by atoms with E-state index in [9.17, 15) is 95.4 Å². The van der Waals surface area contributed by atoms with Crippen molar-refractivity contribution in [2.24, 2.45) is 0 Å². The summed E-state index contributed by atoms with van der Waals surface area (Å²) in [6.45, 7) is -2.96. The minimum atomic E-state index is -5.34. The molecule has 25 atom stereocenters. The molecule has 0 aromatic heterocycles. The highest BCUT2D eigenvalue weighted by Crippen LogP contribution is 2.39. The van der Waals surface area contributed by atoms with Crippen LogP contribution in [0.1, 0.15) is 13.8 Å². The summed E-state index contributed by atoms with van der Waals surface area (Å²) in [5, 5.41) is 154. The van der Waals surface area contributed by atoms with Crippen LogP contribution in [0.25, 0.3) is 0 Å². The number of hydrogen-bond acceptors (Lipinski definition) is 27. The van der Waals surface area contributed by atoms with E-state index in [1.807, 2.05) is 0 Å². The number of hydrogen-bond donors (Lipinski definition) is 18. The lowest BCUT2D eigenvalue weighted by molar-refractivity contribution is -0.387. The molecule has 18 N–H and O–H groups in total. The van der Waals surface area contributed by atoms with Gasteiger partial charge in [-0.3, -0.25) is 14.1 Å². The third-order valence-corrected chi connectivity index (χ3v) is 11.8. The smallest absolute Gasteiger partial charge is 0.394 e. The first kappa shape index (κ1) is 55.1. The fraction of sp³-hybridized carbons (Fsp3) is 0.941. The van der Waals surface area contributed by atoms with E-state index in [0.717, 1.165) is 13.8 Å². The van der Waals surface area contributed by atoms with Crippen LogP contribution < -0.4 is 10.6 Å². The first-order valence-corrected chi connectivity index (χ1v) is 21.9. The lowest BCUT2D eigenvalue weighted by atomic mass is 9.93. The van der Waals surface area contributed by atoms with Crippen molar-refractivity contribution < 1.29 is 143 Å². The number of nitrogens with one attached hydrogen (secondary N) is 2. The maximum Gasteiger partial charge on any atom is 0.469 e. The van der Waals surface area contributed by atoms with E-state index in [1.54, 1.807) is 0 Å². The zero-order chi connectivity index (χ0) is 49.1. The van der Waals surface area contributed by atoms with Crippen molar-refractivity contribution in [3.63, 3.8) is 0 Å². The van der Waals surface area contributed by atoms with Crippen molar-refractivity contribution in [2.75, 3.05) is 33.0 Å². The number of carbonyl (C=O) groups is 2. The van der Waals surface area contributed by atoms with Crippen LogP contribution in [0.2, 0.25) is 0 Å². The lowest BCUT2D eigenvalue weighted by Crippen LogP contribution is -2.71. The van der Waals surface area contributed by atoms with Gasteiger partial charge in [0.25, 0.3) is 0 Å². The van der Waals surface area contributed by atoms with Crippen LogP contribution in [-0.4, -0.2) is 280 Å². The Hall–Kier alpha value is -1.87. The van der Waals surface area contributed by atoms with E-state index in [1.165, 1.54) is 0 Å². The van der Waals surface area contributed by atoms with Gasteiger partial charge >= 0.3 is 7.82 Å². The molecule has 0 aromatic carbocycles. The minimum absolute atomic E-state index is 0.744. The fourth-order valence-electron chi connectivity index (χ4n) is 7.99. The lowest BCUT2D eigenvalue weighted by Gasteiger charge is -2.50. The van der Waals surface area contributed by atoms with Crippen molar-refractivity contribution in [3.05, 3.63) is 0 Å². The van der Waals surface area contributed by atoms with Crippen molar-refractivity contribution in [1.82, 2.24) is 10.6 Å². The van der Waals surface area contributed by atoms with Crippen LogP contribution in [0.15, 0.2) is 0 Å². The second-order valence-electron chi connectivity index (χ2n) is 16.0. The number of phosphoric ester groups is 1. The summed E-state index contributed by atoms with van der Waals surface area (Å²) >= 11 is 0. The van der Waals surface area contributed by atoms with Crippen LogP contribution in [0.3, 0.4) is 0 Å². The van der Waals surface area contributed by atoms with E-state index < -0.39 is 206 Å². The number of phosphoric acid groups is 1. The molecule has 5 rings (SSSR count). The summed E-state index contributed by atoms with van der Waals surface area (Å²) in [5.41, 5.74) is 0. The van der Waals surface area contributed by atoms with Gasteiger partial charge in [-0.05, 0) is 0 Å².